The Balaban J connectivity index is 2.29. The third kappa shape index (κ3) is 4.11. The summed E-state index contributed by atoms with van der Waals surface area (Å²) in [6.07, 6.45) is -4.55. The summed E-state index contributed by atoms with van der Waals surface area (Å²) < 4.78 is 48.8. The van der Waals surface area contributed by atoms with Gasteiger partial charge in [-0.2, -0.15) is 13.2 Å². The van der Waals surface area contributed by atoms with Crippen LogP contribution >= 0.6 is 11.6 Å². The minimum Gasteiger partial charge on any atom is -0.444 e. The maximum Gasteiger partial charge on any atom is 0.416 e. The minimum absolute atomic E-state index is 0.165. The molecule has 0 radical (unpaired) electrons. The number of halogens is 4. The van der Waals surface area contributed by atoms with Gasteiger partial charge < -0.3 is 15.2 Å². The maximum absolute atomic E-state index is 12.7. The largest absolute Gasteiger partial charge is 0.444 e. The fourth-order valence-electron chi connectivity index (χ4n) is 1.80. The predicted molar refractivity (Wildman–Crippen MR) is 81.8 cm³/mol. The third-order valence-electron chi connectivity index (χ3n) is 3.07. The van der Waals surface area contributed by atoms with Gasteiger partial charge in [-0.05, 0) is 30.3 Å². The highest BCUT2D eigenvalue weighted by Crippen LogP contribution is 2.36. The monoisotopic (exact) mass is 359 g/mol. The van der Waals surface area contributed by atoms with Gasteiger partial charge in [0.2, 0.25) is 0 Å². The highest BCUT2D eigenvalue weighted by atomic mass is 35.5. The van der Waals surface area contributed by atoms with Crippen molar-refractivity contribution >= 4 is 17.5 Å². The summed E-state index contributed by atoms with van der Waals surface area (Å²) in [5.74, 6) is -2.80. The van der Waals surface area contributed by atoms with Crippen LogP contribution in [0.25, 0.3) is 0 Å². The molecule has 0 aliphatic carbocycles. The van der Waals surface area contributed by atoms with Gasteiger partial charge in [0.15, 0.2) is 0 Å². The van der Waals surface area contributed by atoms with E-state index in [9.17, 15) is 18.0 Å². The molecule has 0 fully saturated rings. The second-order valence-electron chi connectivity index (χ2n) is 4.97. The lowest BCUT2D eigenvalue weighted by Crippen LogP contribution is -2.51. The molecule has 8 heteroatoms. The zero-order chi connectivity index (χ0) is 18.0. The maximum atomic E-state index is 12.7. The van der Waals surface area contributed by atoms with Crippen LogP contribution in [0.4, 0.5) is 13.2 Å². The fraction of sp³-hybridized carbons (Fsp3) is 0.188. The summed E-state index contributed by atoms with van der Waals surface area (Å²) in [4.78, 5) is 11.7. The van der Waals surface area contributed by atoms with Gasteiger partial charge in [-0.3, -0.25) is 4.79 Å². The molecule has 128 valence electrons. The summed E-state index contributed by atoms with van der Waals surface area (Å²) in [5, 5.41) is -0.325. The number of amides is 1. The number of alkyl halides is 3. The first-order valence-corrected chi connectivity index (χ1v) is 7.09. The fourth-order valence-corrected chi connectivity index (χ4v) is 2.02. The van der Waals surface area contributed by atoms with Crippen molar-refractivity contribution in [2.24, 2.45) is 5.73 Å². The zero-order valence-corrected chi connectivity index (χ0v) is 13.2. The number of ether oxygens (including phenoxy) is 2. The molecule has 0 aliphatic rings. The van der Waals surface area contributed by atoms with E-state index in [4.69, 9.17) is 26.8 Å². The molecular weight excluding hydrogens is 347 g/mol. The predicted octanol–water partition coefficient (Wildman–Crippen LogP) is 4.02. The molecule has 2 aromatic carbocycles. The second-order valence-corrected chi connectivity index (χ2v) is 5.38. The third-order valence-corrected chi connectivity index (χ3v) is 3.36. The van der Waals surface area contributed by atoms with Crippen LogP contribution in [0.5, 0.6) is 11.5 Å². The molecular formula is C16H13ClF3NO3. The van der Waals surface area contributed by atoms with E-state index in [1.54, 1.807) is 30.3 Å². The first-order chi connectivity index (χ1) is 11.1. The van der Waals surface area contributed by atoms with Crippen molar-refractivity contribution in [1.29, 1.82) is 0 Å². The van der Waals surface area contributed by atoms with E-state index in [0.29, 0.717) is 11.8 Å². The molecule has 0 heterocycles. The Bertz CT molecular complexity index is 737. The number of nitrogens with two attached hydrogens (primary N) is 1. The molecule has 1 amide bonds. The molecule has 0 spiro atoms. The number of para-hydroxylation sites is 1. The van der Waals surface area contributed by atoms with Crippen LogP contribution in [0.15, 0.2) is 48.5 Å². The molecule has 0 saturated carbocycles. The Labute approximate surface area is 140 Å². The topological polar surface area (TPSA) is 61.6 Å². The van der Waals surface area contributed by atoms with Crippen LogP contribution in [0.2, 0.25) is 5.02 Å². The van der Waals surface area contributed by atoms with Crippen molar-refractivity contribution in [3.05, 3.63) is 59.1 Å². The number of carbonyl (C=O) groups excluding carboxylic acids is 1. The molecule has 2 rings (SSSR count). The molecule has 1 unspecified atom stereocenters. The summed E-state index contributed by atoms with van der Waals surface area (Å²) in [5.41, 5.74) is 4.36. The van der Waals surface area contributed by atoms with Crippen molar-refractivity contribution in [3.8, 4) is 11.5 Å². The average molecular weight is 360 g/mol. The Morgan fingerprint density at radius 2 is 1.71 bits per heavy atom. The van der Waals surface area contributed by atoms with Gasteiger partial charge in [-0.1, -0.05) is 29.8 Å². The van der Waals surface area contributed by atoms with Gasteiger partial charge in [0.1, 0.15) is 11.5 Å². The van der Waals surface area contributed by atoms with Crippen LogP contribution < -0.4 is 15.2 Å². The molecule has 4 nitrogen and oxygen atoms in total. The Morgan fingerprint density at radius 1 is 1.08 bits per heavy atom. The zero-order valence-electron chi connectivity index (χ0n) is 12.4. The van der Waals surface area contributed by atoms with Crippen LogP contribution in [-0.4, -0.2) is 11.7 Å². The number of hydrogen-bond acceptors (Lipinski definition) is 3. The van der Waals surface area contributed by atoms with Crippen molar-refractivity contribution in [2.45, 2.75) is 18.9 Å². The minimum atomic E-state index is -4.55. The standard InChI is InChI=1S/C16H13ClF3NO3/c1-15(14(21)22,23-11-5-3-2-4-6-11)24-13-8-7-10(9-12(13)17)16(18,19)20/h2-9H,1H3,(H2,21,22). The number of primary amides is 1. The van der Waals surface area contributed by atoms with Gasteiger partial charge in [-0.25, -0.2) is 0 Å². The van der Waals surface area contributed by atoms with E-state index in [1.807, 2.05) is 0 Å². The van der Waals surface area contributed by atoms with Crippen LogP contribution in [0.1, 0.15) is 12.5 Å². The quantitative estimate of drug-likeness (QED) is 0.820. The molecule has 2 aromatic rings. The Hall–Kier alpha value is -2.41. The van der Waals surface area contributed by atoms with E-state index in [2.05, 4.69) is 0 Å². The summed E-state index contributed by atoms with van der Waals surface area (Å²) in [6.45, 7) is 1.25. The van der Waals surface area contributed by atoms with Crippen molar-refractivity contribution < 1.29 is 27.4 Å². The lowest BCUT2D eigenvalue weighted by Gasteiger charge is -2.28. The van der Waals surface area contributed by atoms with E-state index >= 15 is 0 Å². The van der Waals surface area contributed by atoms with E-state index in [1.165, 1.54) is 6.92 Å². The summed E-state index contributed by atoms with van der Waals surface area (Å²) in [6, 6.07) is 10.7. The van der Waals surface area contributed by atoms with Gasteiger partial charge >= 0.3 is 17.9 Å². The molecule has 0 aliphatic heterocycles. The highest BCUT2D eigenvalue weighted by Gasteiger charge is 2.38. The van der Waals surface area contributed by atoms with Gasteiger partial charge in [0.05, 0.1) is 10.6 Å². The molecule has 1 atom stereocenters. The average Bonchev–Trinajstić information content (AvgIpc) is 2.49. The van der Waals surface area contributed by atoms with Crippen molar-refractivity contribution in [2.75, 3.05) is 0 Å². The number of benzene rings is 2. The van der Waals surface area contributed by atoms with Crippen molar-refractivity contribution in [3.63, 3.8) is 0 Å². The normalized spacial score (nSPS) is 13.9. The Kier molecular flexibility index (Phi) is 4.94. The first-order valence-electron chi connectivity index (χ1n) is 6.71. The van der Waals surface area contributed by atoms with E-state index < -0.39 is 23.4 Å². The number of carbonyl (C=O) groups is 1. The lowest BCUT2D eigenvalue weighted by atomic mass is 10.2. The molecule has 0 aromatic heterocycles. The molecule has 0 bridgehead atoms. The van der Waals surface area contributed by atoms with Crippen molar-refractivity contribution in [1.82, 2.24) is 0 Å². The van der Waals surface area contributed by atoms with E-state index in [-0.39, 0.29) is 10.8 Å². The van der Waals surface area contributed by atoms with Crippen LogP contribution in [0, 0.1) is 0 Å². The number of hydrogen-bond donors (Lipinski definition) is 1. The summed E-state index contributed by atoms with van der Waals surface area (Å²) >= 11 is 5.82. The molecule has 2 N–H and O–H groups in total. The SMILES string of the molecule is CC(Oc1ccccc1)(Oc1ccc(C(F)(F)F)cc1Cl)C(N)=O. The molecule has 24 heavy (non-hydrogen) atoms. The van der Waals surface area contributed by atoms with Gasteiger partial charge in [0.25, 0.3) is 0 Å². The van der Waals surface area contributed by atoms with E-state index in [0.717, 1.165) is 12.1 Å². The van der Waals surface area contributed by atoms with Gasteiger partial charge in [-0.15, -0.1) is 0 Å². The number of rotatable bonds is 5. The molecule has 0 saturated heterocycles. The first kappa shape index (κ1) is 17.9. The smallest absolute Gasteiger partial charge is 0.416 e. The lowest BCUT2D eigenvalue weighted by molar-refractivity contribution is -0.158. The van der Waals surface area contributed by atoms with Gasteiger partial charge in [0, 0.05) is 6.92 Å². The van der Waals surface area contributed by atoms with Crippen LogP contribution in [0.3, 0.4) is 0 Å². The summed E-state index contributed by atoms with van der Waals surface area (Å²) in [7, 11) is 0. The Morgan fingerprint density at radius 3 is 2.21 bits per heavy atom. The highest BCUT2D eigenvalue weighted by molar-refractivity contribution is 6.32. The van der Waals surface area contributed by atoms with Crippen LogP contribution in [-0.2, 0) is 11.0 Å². The second kappa shape index (κ2) is 6.60.